The molecular formula is C20H30FN5. The SMILES string of the molecule is CCNCc1c(CC)nn(-c2ccc(F)cc2)c1N1CCN(CC)CC1. The Hall–Kier alpha value is -1.92. The molecule has 1 aromatic carbocycles. The Morgan fingerprint density at radius 2 is 1.73 bits per heavy atom. The lowest BCUT2D eigenvalue weighted by molar-refractivity contribution is 0.270. The van der Waals surface area contributed by atoms with Crippen molar-refractivity contribution in [3.05, 3.63) is 41.3 Å². The third kappa shape index (κ3) is 3.91. The van der Waals surface area contributed by atoms with Crippen molar-refractivity contribution in [2.24, 2.45) is 0 Å². The fourth-order valence-electron chi connectivity index (χ4n) is 3.56. The van der Waals surface area contributed by atoms with Gasteiger partial charge in [-0.15, -0.1) is 0 Å². The Kier molecular flexibility index (Phi) is 6.27. The van der Waals surface area contributed by atoms with E-state index < -0.39 is 0 Å². The number of rotatable bonds is 7. The van der Waals surface area contributed by atoms with Gasteiger partial charge in [-0.1, -0.05) is 20.8 Å². The predicted octanol–water partition coefficient (Wildman–Crippen LogP) is 2.83. The van der Waals surface area contributed by atoms with E-state index in [4.69, 9.17) is 5.10 Å². The molecular weight excluding hydrogens is 329 g/mol. The van der Waals surface area contributed by atoms with Crippen molar-refractivity contribution in [3.8, 4) is 5.69 Å². The Bertz CT molecular complexity index is 702. The van der Waals surface area contributed by atoms with Crippen molar-refractivity contribution in [3.63, 3.8) is 0 Å². The molecule has 1 aliphatic heterocycles. The van der Waals surface area contributed by atoms with E-state index >= 15 is 0 Å². The minimum Gasteiger partial charge on any atom is -0.354 e. The smallest absolute Gasteiger partial charge is 0.137 e. The maximum Gasteiger partial charge on any atom is 0.137 e. The third-order valence-electron chi connectivity index (χ3n) is 5.12. The molecule has 0 aliphatic carbocycles. The first-order chi connectivity index (χ1) is 12.7. The molecule has 0 amide bonds. The predicted molar refractivity (Wildman–Crippen MR) is 105 cm³/mol. The summed E-state index contributed by atoms with van der Waals surface area (Å²) in [5.74, 6) is 0.938. The fourth-order valence-corrected chi connectivity index (χ4v) is 3.56. The molecule has 0 bridgehead atoms. The van der Waals surface area contributed by atoms with Crippen LogP contribution in [-0.4, -0.2) is 53.9 Å². The second-order valence-electron chi connectivity index (χ2n) is 6.69. The molecule has 0 saturated carbocycles. The van der Waals surface area contributed by atoms with Crippen LogP contribution in [0.4, 0.5) is 10.2 Å². The molecule has 6 heteroatoms. The summed E-state index contributed by atoms with van der Waals surface area (Å²) in [6.45, 7) is 13.4. The number of nitrogens with one attached hydrogen (secondary N) is 1. The van der Waals surface area contributed by atoms with Crippen molar-refractivity contribution in [2.45, 2.75) is 33.7 Å². The molecule has 2 heterocycles. The summed E-state index contributed by atoms with van der Waals surface area (Å²) < 4.78 is 15.4. The quantitative estimate of drug-likeness (QED) is 0.825. The Balaban J connectivity index is 2.02. The zero-order valence-electron chi connectivity index (χ0n) is 16.1. The molecule has 1 aromatic heterocycles. The standard InChI is InChI=1S/C20H30FN5/c1-4-19-18(15-22-5-2)20(25-13-11-24(6-3)12-14-25)26(23-19)17-9-7-16(21)8-10-17/h7-10,22H,4-6,11-15H2,1-3H3. The van der Waals surface area contributed by atoms with Gasteiger partial charge < -0.3 is 15.1 Å². The molecule has 0 atom stereocenters. The van der Waals surface area contributed by atoms with Gasteiger partial charge in [0.05, 0.1) is 11.4 Å². The minimum absolute atomic E-state index is 0.220. The van der Waals surface area contributed by atoms with Crippen molar-refractivity contribution in [1.29, 1.82) is 0 Å². The zero-order valence-corrected chi connectivity index (χ0v) is 16.1. The second kappa shape index (κ2) is 8.64. The van der Waals surface area contributed by atoms with Crippen molar-refractivity contribution < 1.29 is 4.39 Å². The highest BCUT2D eigenvalue weighted by Gasteiger charge is 2.25. The molecule has 2 aromatic rings. The van der Waals surface area contributed by atoms with Crippen LogP contribution in [0.1, 0.15) is 32.0 Å². The van der Waals surface area contributed by atoms with Gasteiger partial charge in [0, 0.05) is 38.3 Å². The van der Waals surface area contributed by atoms with E-state index in [-0.39, 0.29) is 5.82 Å². The molecule has 3 rings (SSSR count). The Morgan fingerprint density at radius 3 is 2.31 bits per heavy atom. The summed E-state index contributed by atoms with van der Waals surface area (Å²) >= 11 is 0. The first-order valence-corrected chi connectivity index (χ1v) is 9.72. The lowest BCUT2D eigenvalue weighted by Gasteiger charge is -2.36. The van der Waals surface area contributed by atoms with Crippen molar-refractivity contribution >= 4 is 5.82 Å². The number of aryl methyl sites for hydroxylation is 1. The Labute approximate surface area is 155 Å². The fraction of sp³-hybridized carbons (Fsp3) is 0.550. The van der Waals surface area contributed by atoms with E-state index in [1.165, 1.54) is 17.7 Å². The molecule has 0 spiro atoms. The monoisotopic (exact) mass is 359 g/mol. The van der Waals surface area contributed by atoms with Gasteiger partial charge in [0.25, 0.3) is 0 Å². The molecule has 1 fully saturated rings. The van der Waals surface area contributed by atoms with Crippen LogP contribution in [0.25, 0.3) is 5.69 Å². The maximum absolute atomic E-state index is 13.4. The van der Waals surface area contributed by atoms with E-state index in [1.807, 2.05) is 16.8 Å². The highest BCUT2D eigenvalue weighted by atomic mass is 19.1. The number of hydrogen-bond acceptors (Lipinski definition) is 4. The third-order valence-corrected chi connectivity index (χ3v) is 5.12. The molecule has 1 N–H and O–H groups in total. The molecule has 26 heavy (non-hydrogen) atoms. The average molecular weight is 359 g/mol. The van der Waals surface area contributed by atoms with E-state index in [2.05, 4.69) is 35.9 Å². The van der Waals surface area contributed by atoms with Crippen LogP contribution >= 0.6 is 0 Å². The van der Waals surface area contributed by atoms with Gasteiger partial charge in [-0.3, -0.25) is 0 Å². The summed E-state index contributed by atoms with van der Waals surface area (Å²) in [6.07, 6.45) is 0.886. The normalized spacial score (nSPS) is 15.6. The number of hydrogen-bond donors (Lipinski definition) is 1. The summed E-state index contributed by atoms with van der Waals surface area (Å²) in [7, 11) is 0. The van der Waals surface area contributed by atoms with Gasteiger partial charge >= 0.3 is 0 Å². The van der Waals surface area contributed by atoms with Crippen LogP contribution in [0.15, 0.2) is 24.3 Å². The lowest BCUT2D eigenvalue weighted by atomic mass is 10.1. The van der Waals surface area contributed by atoms with Crippen molar-refractivity contribution in [2.75, 3.05) is 44.2 Å². The lowest BCUT2D eigenvalue weighted by Crippen LogP contribution is -2.47. The number of anilines is 1. The summed E-state index contributed by atoms with van der Waals surface area (Å²) in [4.78, 5) is 4.91. The van der Waals surface area contributed by atoms with Crippen molar-refractivity contribution in [1.82, 2.24) is 20.0 Å². The molecule has 0 unspecified atom stereocenters. The van der Waals surface area contributed by atoms with Crippen LogP contribution in [0.5, 0.6) is 0 Å². The summed E-state index contributed by atoms with van der Waals surface area (Å²) in [5.41, 5.74) is 3.29. The summed E-state index contributed by atoms with van der Waals surface area (Å²) in [6, 6.07) is 6.63. The van der Waals surface area contributed by atoms with Gasteiger partial charge in [-0.2, -0.15) is 5.10 Å². The largest absolute Gasteiger partial charge is 0.354 e. The van der Waals surface area contributed by atoms with E-state index in [0.717, 1.165) is 69.4 Å². The number of halogens is 1. The van der Waals surface area contributed by atoms with Crippen LogP contribution in [0.3, 0.4) is 0 Å². The Morgan fingerprint density at radius 1 is 1.04 bits per heavy atom. The molecule has 1 saturated heterocycles. The highest BCUT2D eigenvalue weighted by Crippen LogP contribution is 2.29. The molecule has 5 nitrogen and oxygen atoms in total. The van der Waals surface area contributed by atoms with Crippen LogP contribution in [-0.2, 0) is 13.0 Å². The number of piperazine rings is 1. The number of benzene rings is 1. The number of nitrogens with zero attached hydrogens (tertiary/aromatic N) is 4. The van der Waals surface area contributed by atoms with E-state index in [1.54, 1.807) is 0 Å². The molecule has 1 aliphatic rings. The second-order valence-corrected chi connectivity index (χ2v) is 6.69. The van der Waals surface area contributed by atoms with Gasteiger partial charge in [0.15, 0.2) is 0 Å². The van der Waals surface area contributed by atoms with E-state index in [0.29, 0.717) is 0 Å². The first kappa shape index (κ1) is 18.9. The van der Waals surface area contributed by atoms with Gasteiger partial charge in [0.1, 0.15) is 11.6 Å². The molecule has 142 valence electrons. The van der Waals surface area contributed by atoms with Crippen LogP contribution in [0.2, 0.25) is 0 Å². The van der Waals surface area contributed by atoms with E-state index in [9.17, 15) is 4.39 Å². The van der Waals surface area contributed by atoms with Crippen LogP contribution in [0, 0.1) is 5.82 Å². The van der Waals surface area contributed by atoms with Gasteiger partial charge in [0.2, 0.25) is 0 Å². The first-order valence-electron chi connectivity index (χ1n) is 9.72. The highest BCUT2D eigenvalue weighted by molar-refractivity contribution is 5.56. The molecule has 0 radical (unpaired) electrons. The zero-order chi connectivity index (χ0) is 18.5. The average Bonchev–Trinajstić information content (AvgIpc) is 3.05. The van der Waals surface area contributed by atoms with Crippen LogP contribution < -0.4 is 10.2 Å². The topological polar surface area (TPSA) is 36.3 Å². The minimum atomic E-state index is -0.220. The summed E-state index contributed by atoms with van der Waals surface area (Å²) in [5, 5.41) is 8.36. The van der Waals surface area contributed by atoms with Gasteiger partial charge in [-0.05, 0) is 43.8 Å². The number of aromatic nitrogens is 2. The number of likely N-dealkylation sites (N-methyl/N-ethyl adjacent to an activating group) is 1. The van der Waals surface area contributed by atoms with Gasteiger partial charge in [-0.25, -0.2) is 9.07 Å². The maximum atomic E-state index is 13.4.